The van der Waals surface area contributed by atoms with Gasteiger partial charge in [0.15, 0.2) is 0 Å². The summed E-state index contributed by atoms with van der Waals surface area (Å²) in [4.78, 5) is 0. The predicted molar refractivity (Wildman–Crippen MR) is 75.8 cm³/mol. The zero-order valence-electron chi connectivity index (χ0n) is 13.0. The average Bonchev–Trinajstić information content (AvgIpc) is 2.87. The molecule has 1 aliphatic rings. The molecular formula is C17H9F9O. The van der Waals surface area contributed by atoms with Gasteiger partial charge in [-0.1, -0.05) is 42.5 Å². The molecule has 0 fully saturated rings. The number of halogens is 9. The Balaban J connectivity index is 2.22. The number of aliphatic hydroxyl groups is 1. The number of hydrogen-bond donors (Lipinski definition) is 1. The van der Waals surface area contributed by atoms with Crippen molar-refractivity contribution in [2.45, 2.75) is 30.0 Å². The molecule has 0 amide bonds. The van der Waals surface area contributed by atoms with Gasteiger partial charge in [0.1, 0.15) is 6.10 Å². The molecule has 2 aromatic rings. The molecule has 10 heteroatoms. The zero-order chi connectivity index (χ0) is 20.4. The van der Waals surface area contributed by atoms with Crippen molar-refractivity contribution in [2.24, 2.45) is 0 Å². The van der Waals surface area contributed by atoms with Gasteiger partial charge in [0.05, 0.1) is 0 Å². The fourth-order valence-electron chi connectivity index (χ4n) is 3.05. The molecule has 146 valence electrons. The topological polar surface area (TPSA) is 20.2 Å². The number of aliphatic hydroxyl groups excluding tert-OH is 1. The molecule has 0 saturated heterocycles. The Kier molecular flexibility index (Phi) is 4.08. The standard InChI is InChI=1S/C17H9F9O/c18-14(19,15(20,21)16(22,23)17(24,25)26)11-7-3-6-9-8-4-1-2-5-10(8)13(27)12(9)11/h1-7,13,27H. The molecule has 1 aliphatic carbocycles. The average molecular weight is 400 g/mol. The Bertz CT molecular complexity index is 886. The highest BCUT2D eigenvalue weighted by atomic mass is 19.4. The van der Waals surface area contributed by atoms with E-state index in [9.17, 15) is 44.6 Å². The smallest absolute Gasteiger partial charge is 0.384 e. The molecule has 0 aliphatic heterocycles. The maximum Gasteiger partial charge on any atom is 0.460 e. The monoisotopic (exact) mass is 400 g/mol. The van der Waals surface area contributed by atoms with Crippen molar-refractivity contribution in [3.63, 3.8) is 0 Å². The first kappa shape index (κ1) is 19.5. The molecule has 0 heterocycles. The second-order valence-corrected chi connectivity index (χ2v) is 5.98. The number of alkyl halides is 9. The molecule has 1 atom stereocenters. The number of fused-ring (bicyclic) bond motifs is 3. The highest BCUT2D eigenvalue weighted by molar-refractivity contribution is 5.79. The third kappa shape index (κ3) is 2.45. The van der Waals surface area contributed by atoms with E-state index in [4.69, 9.17) is 0 Å². The molecule has 0 spiro atoms. The quantitative estimate of drug-likeness (QED) is 0.658. The normalized spacial score (nSPS) is 17.6. The van der Waals surface area contributed by atoms with Crippen LogP contribution < -0.4 is 0 Å². The van der Waals surface area contributed by atoms with Crippen LogP contribution in [-0.2, 0) is 5.92 Å². The van der Waals surface area contributed by atoms with Crippen LogP contribution in [0.1, 0.15) is 22.8 Å². The Morgan fingerprint density at radius 1 is 0.667 bits per heavy atom. The van der Waals surface area contributed by atoms with Crippen LogP contribution in [0.2, 0.25) is 0 Å². The van der Waals surface area contributed by atoms with Crippen LogP contribution in [0.4, 0.5) is 39.5 Å². The highest BCUT2D eigenvalue weighted by Crippen LogP contribution is 2.59. The minimum atomic E-state index is -7.00. The summed E-state index contributed by atoms with van der Waals surface area (Å²) in [5.41, 5.74) is -2.55. The third-order valence-corrected chi connectivity index (χ3v) is 4.41. The molecule has 1 unspecified atom stereocenters. The highest BCUT2D eigenvalue weighted by Gasteiger charge is 2.82. The van der Waals surface area contributed by atoms with E-state index in [2.05, 4.69) is 0 Å². The molecular weight excluding hydrogens is 391 g/mol. The Morgan fingerprint density at radius 2 is 1.22 bits per heavy atom. The first-order valence-electron chi connectivity index (χ1n) is 7.36. The SMILES string of the molecule is OC1c2ccccc2-c2cccc(C(F)(F)C(F)(F)C(F)(F)C(F)(F)F)c21. The number of hydrogen-bond acceptors (Lipinski definition) is 1. The van der Waals surface area contributed by atoms with Crippen molar-refractivity contribution in [1.82, 2.24) is 0 Å². The number of benzene rings is 2. The van der Waals surface area contributed by atoms with Gasteiger partial charge in [-0.2, -0.15) is 39.5 Å². The van der Waals surface area contributed by atoms with Gasteiger partial charge < -0.3 is 5.11 Å². The van der Waals surface area contributed by atoms with Crippen LogP contribution in [0.5, 0.6) is 0 Å². The van der Waals surface area contributed by atoms with E-state index in [-0.39, 0.29) is 16.7 Å². The maximum atomic E-state index is 14.4. The summed E-state index contributed by atoms with van der Waals surface area (Å²) in [5.74, 6) is -19.7. The molecule has 2 aromatic carbocycles. The molecule has 0 bridgehead atoms. The van der Waals surface area contributed by atoms with Crippen molar-refractivity contribution >= 4 is 0 Å². The van der Waals surface area contributed by atoms with Crippen molar-refractivity contribution in [1.29, 1.82) is 0 Å². The second kappa shape index (κ2) is 5.63. The van der Waals surface area contributed by atoms with Gasteiger partial charge in [-0.25, -0.2) is 0 Å². The summed E-state index contributed by atoms with van der Waals surface area (Å²) in [7, 11) is 0. The van der Waals surface area contributed by atoms with Crippen LogP contribution in [0.25, 0.3) is 11.1 Å². The summed E-state index contributed by atoms with van der Waals surface area (Å²) >= 11 is 0. The predicted octanol–water partition coefficient (Wildman–Crippen LogP) is 5.67. The molecule has 1 nitrogen and oxygen atoms in total. The molecule has 27 heavy (non-hydrogen) atoms. The van der Waals surface area contributed by atoms with E-state index in [0.717, 1.165) is 6.07 Å². The van der Waals surface area contributed by atoms with E-state index >= 15 is 0 Å². The van der Waals surface area contributed by atoms with Gasteiger partial charge in [0.2, 0.25) is 0 Å². The lowest BCUT2D eigenvalue weighted by atomic mass is 9.90. The fourth-order valence-corrected chi connectivity index (χ4v) is 3.05. The maximum absolute atomic E-state index is 14.4. The van der Waals surface area contributed by atoms with E-state index in [1.165, 1.54) is 30.3 Å². The molecule has 1 N–H and O–H groups in total. The molecule has 0 aromatic heterocycles. The molecule has 0 radical (unpaired) electrons. The van der Waals surface area contributed by atoms with Gasteiger partial charge in [-0.3, -0.25) is 0 Å². The van der Waals surface area contributed by atoms with Crippen molar-refractivity contribution < 1.29 is 44.6 Å². The van der Waals surface area contributed by atoms with E-state index in [1.807, 2.05) is 0 Å². The van der Waals surface area contributed by atoms with Crippen molar-refractivity contribution in [3.8, 4) is 11.1 Å². The van der Waals surface area contributed by atoms with Crippen LogP contribution >= 0.6 is 0 Å². The van der Waals surface area contributed by atoms with E-state index < -0.39 is 41.2 Å². The lowest BCUT2D eigenvalue weighted by Gasteiger charge is -2.34. The fraction of sp³-hybridized carbons (Fsp3) is 0.294. The summed E-state index contributed by atoms with van der Waals surface area (Å²) in [5, 5.41) is 10.2. The van der Waals surface area contributed by atoms with Crippen LogP contribution in [0, 0.1) is 0 Å². The molecule has 3 rings (SSSR count). The summed E-state index contributed by atoms with van der Waals surface area (Å²) in [6.45, 7) is 0. The van der Waals surface area contributed by atoms with E-state index in [1.54, 1.807) is 0 Å². The van der Waals surface area contributed by atoms with Gasteiger partial charge >= 0.3 is 23.9 Å². The zero-order valence-corrected chi connectivity index (χ0v) is 13.0. The van der Waals surface area contributed by atoms with Crippen LogP contribution in [0.15, 0.2) is 42.5 Å². The van der Waals surface area contributed by atoms with Gasteiger partial charge in [-0.15, -0.1) is 0 Å². The van der Waals surface area contributed by atoms with Gasteiger partial charge in [0.25, 0.3) is 0 Å². The Hall–Kier alpha value is -2.23. The summed E-state index contributed by atoms with van der Waals surface area (Å²) < 4.78 is 120. The minimum absolute atomic E-state index is 0.0432. The van der Waals surface area contributed by atoms with Gasteiger partial charge in [-0.05, 0) is 16.7 Å². The number of rotatable bonds is 3. The summed E-state index contributed by atoms with van der Waals surface area (Å²) in [6.07, 6.45) is -8.78. The second-order valence-electron chi connectivity index (χ2n) is 5.98. The minimum Gasteiger partial charge on any atom is -0.384 e. The van der Waals surface area contributed by atoms with Crippen LogP contribution in [0.3, 0.4) is 0 Å². The van der Waals surface area contributed by atoms with Crippen molar-refractivity contribution in [2.75, 3.05) is 0 Å². The first-order chi connectivity index (χ1) is 12.2. The van der Waals surface area contributed by atoms with Gasteiger partial charge in [0, 0.05) is 11.1 Å². The summed E-state index contributed by atoms with van der Waals surface area (Å²) in [6, 6.07) is 7.83. The first-order valence-corrected chi connectivity index (χ1v) is 7.36. The largest absolute Gasteiger partial charge is 0.460 e. The lowest BCUT2D eigenvalue weighted by molar-refractivity contribution is -0.399. The van der Waals surface area contributed by atoms with Crippen LogP contribution in [-0.4, -0.2) is 23.1 Å². The Labute approximate surface area is 146 Å². The van der Waals surface area contributed by atoms with Crippen molar-refractivity contribution in [3.05, 3.63) is 59.2 Å². The molecule has 0 saturated carbocycles. The third-order valence-electron chi connectivity index (χ3n) is 4.41. The van der Waals surface area contributed by atoms with E-state index in [0.29, 0.717) is 6.07 Å². The lowest BCUT2D eigenvalue weighted by Crippen LogP contribution is -2.59. The Morgan fingerprint density at radius 3 is 1.81 bits per heavy atom.